The Labute approximate surface area is 194 Å². The number of esters is 1. The summed E-state index contributed by atoms with van der Waals surface area (Å²) in [6.45, 7) is 8.06. The van der Waals surface area contributed by atoms with Gasteiger partial charge in [-0.2, -0.15) is 0 Å². The van der Waals surface area contributed by atoms with Crippen LogP contribution in [-0.4, -0.2) is 39.2 Å². The molecule has 0 unspecified atom stereocenters. The molecule has 0 atom stereocenters. The van der Waals surface area contributed by atoms with Crippen molar-refractivity contribution < 1.29 is 14.3 Å². The first kappa shape index (κ1) is 22.2. The normalized spacial score (nSPS) is 11.2. The van der Waals surface area contributed by atoms with E-state index >= 15 is 0 Å². The predicted molar refractivity (Wildman–Crippen MR) is 129 cm³/mol. The van der Waals surface area contributed by atoms with Crippen LogP contribution in [0.5, 0.6) is 0 Å². The zero-order chi connectivity index (χ0) is 23.0. The largest absolute Gasteiger partial charge is 0.465 e. The average molecular weight is 466 g/mol. The first-order valence-electron chi connectivity index (χ1n) is 10.1. The molecular formula is C24H23N3O3S2. The molecule has 0 amide bonds. The van der Waals surface area contributed by atoms with Gasteiger partial charge >= 0.3 is 5.97 Å². The third-order valence-electron chi connectivity index (χ3n) is 5.55. The fraction of sp³-hybridized carbons (Fsp3) is 0.250. The zero-order valence-electron chi connectivity index (χ0n) is 18.6. The molecule has 1 aromatic carbocycles. The van der Waals surface area contributed by atoms with Crippen molar-refractivity contribution in [2.45, 2.75) is 32.7 Å². The monoisotopic (exact) mass is 465 g/mol. The molecule has 0 saturated carbocycles. The summed E-state index contributed by atoms with van der Waals surface area (Å²) in [5.74, 6) is -0.0244. The van der Waals surface area contributed by atoms with Gasteiger partial charge < -0.3 is 9.30 Å². The second-order valence-electron chi connectivity index (χ2n) is 7.51. The number of nitrogens with zero attached hydrogens (tertiary/aromatic N) is 3. The smallest absolute Gasteiger partial charge is 0.337 e. The number of ketones is 1. The van der Waals surface area contributed by atoms with Crippen LogP contribution in [0.1, 0.15) is 42.5 Å². The lowest BCUT2D eigenvalue weighted by Crippen LogP contribution is -2.06. The molecule has 0 aliphatic carbocycles. The van der Waals surface area contributed by atoms with E-state index in [0.29, 0.717) is 16.9 Å². The molecule has 0 spiro atoms. The number of ether oxygens (including phenoxy) is 1. The van der Waals surface area contributed by atoms with E-state index in [1.807, 2.05) is 36.6 Å². The van der Waals surface area contributed by atoms with Gasteiger partial charge in [-0.05, 0) is 63.6 Å². The summed E-state index contributed by atoms with van der Waals surface area (Å²) < 4.78 is 6.78. The van der Waals surface area contributed by atoms with Crippen molar-refractivity contribution in [1.82, 2.24) is 14.5 Å². The number of thioether (sulfide) groups is 1. The SMILES string of the molecule is COC(=O)c1ccc(-n2c(C)cc(C(=O)CSc3ncnc4sc(C)c(C)c34)c2C)cc1. The number of benzene rings is 1. The van der Waals surface area contributed by atoms with E-state index in [-0.39, 0.29) is 11.8 Å². The van der Waals surface area contributed by atoms with Crippen molar-refractivity contribution in [3.05, 3.63) is 69.6 Å². The number of fused-ring (bicyclic) bond motifs is 1. The fourth-order valence-corrected chi connectivity index (χ4v) is 5.78. The summed E-state index contributed by atoms with van der Waals surface area (Å²) in [6, 6.07) is 9.08. The van der Waals surface area contributed by atoms with Gasteiger partial charge in [-0.1, -0.05) is 11.8 Å². The van der Waals surface area contributed by atoms with E-state index in [2.05, 4.69) is 23.8 Å². The molecule has 32 heavy (non-hydrogen) atoms. The van der Waals surface area contributed by atoms with E-state index in [4.69, 9.17) is 4.74 Å². The predicted octanol–water partition coefficient (Wildman–Crippen LogP) is 5.48. The average Bonchev–Trinajstić information content (AvgIpc) is 3.26. The quantitative estimate of drug-likeness (QED) is 0.163. The first-order chi connectivity index (χ1) is 15.3. The molecule has 0 N–H and O–H groups in total. The number of aryl methyl sites for hydroxylation is 3. The summed E-state index contributed by atoms with van der Waals surface area (Å²) in [5, 5.41) is 1.89. The second-order valence-corrected chi connectivity index (χ2v) is 9.68. The zero-order valence-corrected chi connectivity index (χ0v) is 20.2. The van der Waals surface area contributed by atoms with Crippen LogP contribution in [-0.2, 0) is 4.74 Å². The number of carbonyl (C=O) groups excluding carboxylic acids is 2. The number of hydrogen-bond acceptors (Lipinski definition) is 7. The maximum atomic E-state index is 13.1. The molecule has 4 rings (SSSR count). The molecule has 3 heterocycles. The highest BCUT2D eigenvalue weighted by molar-refractivity contribution is 8.00. The van der Waals surface area contributed by atoms with Crippen LogP contribution in [0.3, 0.4) is 0 Å². The molecule has 0 aliphatic rings. The highest BCUT2D eigenvalue weighted by Gasteiger charge is 2.19. The minimum Gasteiger partial charge on any atom is -0.465 e. The van der Waals surface area contributed by atoms with Crippen molar-refractivity contribution in [2.24, 2.45) is 0 Å². The Morgan fingerprint density at radius 2 is 1.81 bits per heavy atom. The Bertz CT molecular complexity index is 1340. The first-order valence-corrected chi connectivity index (χ1v) is 11.9. The molecule has 6 nitrogen and oxygen atoms in total. The topological polar surface area (TPSA) is 74.1 Å². The number of rotatable bonds is 6. The highest BCUT2D eigenvalue weighted by Crippen LogP contribution is 2.35. The molecular weight excluding hydrogens is 442 g/mol. The van der Waals surface area contributed by atoms with Gasteiger partial charge in [0, 0.05) is 32.9 Å². The van der Waals surface area contributed by atoms with Gasteiger partial charge in [0.25, 0.3) is 0 Å². The van der Waals surface area contributed by atoms with Crippen LogP contribution in [0.4, 0.5) is 0 Å². The molecule has 0 radical (unpaired) electrons. The van der Waals surface area contributed by atoms with Crippen molar-refractivity contribution in [3.8, 4) is 5.69 Å². The third kappa shape index (κ3) is 3.96. The third-order valence-corrected chi connectivity index (χ3v) is 7.65. The fourth-order valence-electron chi connectivity index (χ4n) is 3.78. The molecule has 8 heteroatoms. The van der Waals surface area contributed by atoms with Gasteiger partial charge in [-0.25, -0.2) is 14.8 Å². The number of carbonyl (C=O) groups is 2. The van der Waals surface area contributed by atoms with Gasteiger partial charge in [0.15, 0.2) is 5.78 Å². The van der Waals surface area contributed by atoms with Gasteiger partial charge in [0.05, 0.1) is 18.4 Å². The summed E-state index contributed by atoms with van der Waals surface area (Å²) in [5.41, 5.74) is 5.07. The molecule has 0 fully saturated rings. The Morgan fingerprint density at radius 3 is 2.50 bits per heavy atom. The van der Waals surface area contributed by atoms with Crippen molar-refractivity contribution >= 4 is 45.1 Å². The standard InChI is InChI=1S/C24H23N3O3S2/c1-13-10-19(15(3)27(13)18-8-6-17(7-9-18)24(29)30-5)20(28)11-31-22-21-14(2)16(4)32-23(21)26-12-25-22/h6-10,12H,11H2,1-5H3. The maximum absolute atomic E-state index is 13.1. The molecule has 4 aromatic rings. The molecule has 3 aromatic heterocycles. The Hall–Kier alpha value is -2.97. The van der Waals surface area contributed by atoms with Gasteiger partial charge in [-0.3, -0.25) is 4.79 Å². The van der Waals surface area contributed by atoms with E-state index < -0.39 is 0 Å². The lowest BCUT2D eigenvalue weighted by atomic mass is 10.2. The number of aromatic nitrogens is 3. The highest BCUT2D eigenvalue weighted by atomic mass is 32.2. The molecule has 0 bridgehead atoms. The minimum atomic E-state index is -0.375. The van der Waals surface area contributed by atoms with Crippen molar-refractivity contribution in [3.63, 3.8) is 0 Å². The summed E-state index contributed by atoms with van der Waals surface area (Å²) in [7, 11) is 1.36. The van der Waals surface area contributed by atoms with E-state index in [0.717, 1.165) is 32.3 Å². The van der Waals surface area contributed by atoms with Gasteiger partial charge in [-0.15, -0.1) is 11.3 Å². The van der Waals surface area contributed by atoms with Crippen LogP contribution < -0.4 is 0 Å². The Morgan fingerprint density at radius 1 is 1.09 bits per heavy atom. The number of thiophene rings is 1. The number of Topliss-reactive ketones (excluding diaryl/α,β-unsaturated/α-hetero) is 1. The Kier molecular flexibility index (Phi) is 6.17. The van der Waals surface area contributed by atoms with Crippen LogP contribution in [0.2, 0.25) is 0 Å². The summed E-state index contributed by atoms with van der Waals surface area (Å²) in [6.07, 6.45) is 1.56. The number of methoxy groups -OCH3 is 1. The summed E-state index contributed by atoms with van der Waals surface area (Å²) >= 11 is 3.10. The molecule has 164 valence electrons. The van der Waals surface area contributed by atoms with E-state index in [9.17, 15) is 9.59 Å². The van der Waals surface area contributed by atoms with E-state index in [1.165, 1.54) is 29.3 Å². The lowest BCUT2D eigenvalue weighted by molar-refractivity contribution is 0.0600. The van der Waals surface area contributed by atoms with Crippen LogP contribution >= 0.6 is 23.1 Å². The minimum absolute atomic E-state index is 0.0527. The van der Waals surface area contributed by atoms with E-state index in [1.54, 1.807) is 29.8 Å². The number of hydrogen-bond donors (Lipinski definition) is 0. The van der Waals surface area contributed by atoms with Crippen molar-refractivity contribution in [2.75, 3.05) is 12.9 Å². The molecule has 0 aliphatic heterocycles. The molecule has 0 saturated heterocycles. The lowest BCUT2D eigenvalue weighted by Gasteiger charge is -2.10. The van der Waals surface area contributed by atoms with Gasteiger partial charge in [0.1, 0.15) is 16.2 Å². The maximum Gasteiger partial charge on any atom is 0.337 e. The van der Waals surface area contributed by atoms with Crippen molar-refractivity contribution in [1.29, 1.82) is 0 Å². The second kappa shape index (κ2) is 8.88. The van der Waals surface area contributed by atoms with Crippen LogP contribution in [0.15, 0.2) is 41.7 Å². The summed E-state index contributed by atoms with van der Waals surface area (Å²) in [4.78, 5) is 35.8. The Balaban J connectivity index is 1.58. The van der Waals surface area contributed by atoms with Crippen LogP contribution in [0, 0.1) is 27.7 Å². The van der Waals surface area contributed by atoms with Gasteiger partial charge in [0.2, 0.25) is 0 Å². The van der Waals surface area contributed by atoms with Crippen LogP contribution in [0.25, 0.3) is 15.9 Å².